The number of anilines is 1. The number of hydrogen-bond acceptors (Lipinski definition) is 6. The van der Waals surface area contributed by atoms with Crippen molar-refractivity contribution in [1.82, 2.24) is 4.98 Å². The maximum Gasteiger partial charge on any atom is 0.171 e. The van der Waals surface area contributed by atoms with Crippen LogP contribution >= 0.6 is 11.8 Å². The third kappa shape index (κ3) is 2.76. The summed E-state index contributed by atoms with van der Waals surface area (Å²) in [7, 11) is -3.20. The summed E-state index contributed by atoms with van der Waals surface area (Å²) in [5, 5.41) is 8.71. The molecule has 1 unspecified atom stereocenters. The van der Waals surface area contributed by atoms with Crippen molar-refractivity contribution >= 4 is 27.4 Å². The van der Waals surface area contributed by atoms with Gasteiger partial charge in [0.2, 0.25) is 0 Å². The molecule has 1 aromatic heterocycles. The molecule has 1 atom stereocenters. The van der Waals surface area contributed by atoms with Gasteiger partial charge >= 0.3 is 0 Å². The molecule has 1 aliphatic heterocycles. The zero-order valence-corrected chi connectivity index (χ0v) is 13.2. The van der Waals surface area contributed by atoms with Gasteiger partial charge in [0.1, 0.15) is 17.3 Å². The van der Waals surface area contributed by atoms with Gasteiger partial charge in [-0.2, -0.15) is 17.0 Å². The maximum absolute atomic E-state index is 12.3. The highest BCUT2D eigenvalue weighted by Crippen LogP contribution is 2.29. The third-order valence-electron chi connectivity index (χ3n) is 3.42. The zero-order valence-electron chi connectivity index (χ0n) is 11.5. The van der Waals surface area contributed by atoms with Gasteiger partial charge < -0.3 is 4.90 Å². The Morgan fingerprint density at radius 2 is 2.35 bits per heavy atom. The molecule has 0 aliphatic carbocycles. The first-order chi connectivity index (χ1) is 9.51. The molecule has 0 aromatic carbocycles. The van der Waals surface area contributed by atoms with E-state index >= 15 is 0 Å². The number of thioether (sulfide) groups is 1. The Balaban J connectivity index is 2.49. The highest BCUT2D eigenvalue weighted by atomic mass is 32.2. The summed E-state index contributed by atoms with van der Waals surface area (Å²) in [4.78, 5) is 6.04. The zero-order chi connectivity index (χ0) is 14.8. The lowest BCUT2D eigenvalue weighted by Gasteiger charge is -2.36. The lowest BCUT2D eigenvalue weighted by Crippen LogP contribution is -2.48. The van der Waals surface area contributed by atoms with E-state index in [2.05, 4.69) is 11.1 Å². The standard InChI is InChI=1S/C13H17N3O2S2/c1-3-20(17,18)12-9-19-7-6-16(12)13-11(8-14)10(2)4-5-15-13/h4-5,12H,3,6-7,9H2,1-2H3. The van der Waals surface area contributed by atoms with Gasteiger partial charge in [0.05, 0.1) is 5.56 Å². The minimum atomic E-state index is -3.20. The average molecular weight is 311 g/mol. The van der Waals surface area contributed by atoms with E-state index in [1.165, 1.54) is 0 Å². The van der Waals surface area contributed by atoms with E-state index < -0.39 is 15.2 Å². The van der Waals surface area contributed by atoms with Crippen molar-refractivity contribution in [2.75, 3.05) is 28.7 Å². The molecule has 5 nitrogen and oxygen atoms in total. The van der Waals surface area contributed by atoms with Gasteiger partial charge in [-0.15, -0.1) is 0 Å². The molecule has 0 radical (unpaired) electrons. The molecule has 7 heteroatoms. The summed E-state index contributed by atoms with van der Waals surface area (Å²) >= 11 is 1.63. The van der Waals surface area contributed by atoms with Crippen LogP contribution in [0, 0.1) is 18.3 Å². The van der Waals surface area contributed by atoms with Gasteiger partial charge in [-0.3, -0.25) is 0 Å². The number of sulfone groups is 1. The molecule has 0 spiro atoms. The second kappa shape index (κ2) is 6.02. The minimum Gasteiger partial charge on any atom is -0.337 e. The molecule has 20 heavy (non-hydrogen) atoms. The van der Waals surface area contributed by atoms with Crippen molar-refractivity contribution in [2.45, 2.75) is 19.2 Å². The first kappa shape index (κ1) is 15.1. The Hall–Kier alpha value is -1.26. The van der Waals surface area contributed by atoms with Crippen LogP contribution in [-0.2, 0) is 9.84 Å². The van der Waals surface area contributed by atoms with Gasteiger partial charge in [0, 0.05) is 30.0 Å². The molecule has 0 bridgehead atoms. The monoisotopic (exact) mass is 311 g/mol. The highest BCUT2D eigenvalue weighted by molar-refractivity contribution is 8.01. The SMILES string of the molecule is CCS(=O)(=O)C1CSCCN1c1nccc(C)c1C#N. The van der Waals surface area contributed by atoms with Gasteiger partial charge in [-0.1, -0.05) is 6.92 Å². The smallest absolute Gasteiger partial charge is 0.171 e. The Morgan fingerprint density at radius 3 is 3.00 bits per heavy atom. The normalized spacial score (nSPS) is 19.6. The van der Waals surface area contributed by atoms with Crippen LogP contribution in [-0.4, -0.2) is 42.6 Å². The first-order valence-electron chi connectivity index (χ1n) is 6.43. The summed E-state index contributed by atoms with van der Waals surface area (Å²) in [6.45, 7) is 4.09. The van der Waals surface area contributed by atoms with Crippen molar-refractivity contribution < 1.29 is 8.42 Å². The molecule has 1 aliphatic rings. The summed E-state index contributed by atoms with van der Waals surface area (Å²) in [5.41, 5.74) is 1.29. The second-order valence-corrected chi connectivity index (χ2v) is 8.21. The van der Waals surface area contributed by atoms with Crippen molar-refractivity contribution in [3.05, 3.63) is 23.4 Å². The van der Waals surface area contributed by atoms with Crippen molar-refractivity contribution in [3.8, 4) is 6.07 Å². The minimum absolute atomic E-state index is 0.0996. The molecular weight excluding hydrogens is 294 g/mol. The van der Waals surface area contributed by atoms with Crippen LogP contribution < -0.4 is 4.90 Å². The van der Waals surface area contributed by atoms with Gasteiger partial charge in [0.15, 0.2) is 9.84 Å². The van der Waals surface area contributed by atoms with Crippen LogP contribution in [0.5, 0.6) is 0 Å². The van der Waals surface area contributed by atoms with Crippen LogP contribution in [0.15, 0.2) is 12.3 Å². The van der Waals surface area contributed by atoms with Crippen molar-refractivity contribution in [3.63, 3.8) is 0 Å². The van der Waals surface area contributed by atoms with Crippen LogP contribution in [0.25, 0.3) is 0 Å². The molecule has 1 aromatic rings. The number of aryl methyl sites for hydroxylation is 1. The molecule has 0 saturated carbocycles. The number of aromatic nitrogens is 1. The van der Waals surface area contributed by atoms with E-state index in [1.54, 1.807) is 35.8 Å². The highest BCUT2D eigenvalue weighted by Gasteiger charge is 2.34. The van der Waals surface area contributed by atoms with Crippen molar-refractivity contribution in [1.29, 1.82) is 5.26 Å². The topological polar surface area (TPSA) is 74.1 Å². The second-order valence-electron chi connectivity index (χ2n) is 4.61. The predicted molar refractivity (Wildman–Crippen MR) is 81.6 cm³/mol. The van der Waals surface area contributed by atoms with E-state index in [4.69, 9.17) is 0 Å². The van der Waals surface area contributed by atoms with E-state index in [0.29, 0.717) is 23.7 Å². The van der Waals surface area contributed by atoms with Crippen LogP contribution in [0.4, 0.5) is 5.82 Å². The number of rotatable bonds is 3. The number of pyridine rings is 1. The van der Waals surface area contributed by atoms with Gasteiger partial charge in [-0.25, -0.2) is 13.4 Å². The fourth-order valence-corrected chi connectivity index (χ4v) is 5.18. The number of nitrogens with zero attached hydrogens (tertiary/aromatic N) is 3. The number of hydrogen-bond donors (Lipinski definition) is 0. The lowest BCUT2D eigenvalue weighted by molar-refractivity contribution is 0.578. The molecule has 0 N–H and O–H groups in total. The molecular formula is C13H17N3O2S2. The van der Waals surface area contributed by atoms with E-state index in [-0.39, 0.29) is 5.75 Å². The first-order valence-corrected chi connectivity index (χ1v) is 9.30. The van der Waals surface area contributed by atoms with E-state index in [1.807, 2.05) is 6.92 Å². The van der Waals surface area contributed by atoms with E-state index in [0.717, 1.165) is 11.3 Å². The molecule has 0 amide bonds. The largest absolute Gasteiger partial charge is 0.337 e. The van der Waals surface area contributed by atoms with Crippen LogP contribution in [0.2, 0.25) is 0 Å². The Kier molecular flexibility index (Phi) is 4.55. The predicted octanol–water partition coefficient (Wildman–Crippen LogP) is 1.58. The molecule has 108 valence electrons. The Labute approximate surface area is 123 Å². The molecule has 1 fully saturated rings. The quantitative estimate of drug-likeness (QED) is 0.843. The molecule has 1 saturated heterocycles. The molecule has 2 rings (SSSR count). The summed E-state index contributed by atoms with van der Waals surface area (Å²) < 4.78 is 24.5. The van der Waals surface area contributed by atoms with Gasteiger partial charge in [0.25, 0.3) is 0 Å². The summed E-state index contributed by atoms with van der Waals surface area (Å²) in [5.74, 6) is 1.96. The Bertz CT molecular complexity index is 638. The van der Waals surface area contributed by atoms with Crippen molar-refractivity contribution in [2.24, 2.45) is 0 Å². The Morgan fingerprint density at radius 1 is 1.60 bits per heavy atom. The fourth-order valence-electron chi connectivity index (χ4n) is 2.21. The average Bonchev–Trinajstić information content (AvgIpc) is 2.47. The molecule has 2 heterocycles. The van der Waals surface area contributed by atoms with Crippen LogP contribution in [0.1, 0.15) is 18.1 Å². The summed E-state index contributed by atoms with van der Waals surface area (Å²) in [6.07, 6.45) is 1.63. The fraction of sp³-hybridized carbons (Fsp3) is 0.538. The van der Waals surface area contributed by atoms with E-state index in [9.17, 15) is 13.7 Å². The summed E-state index contributed by atoms with van der Waals surface area (Å²) in [6, 6.07) is 3.91. The van der Waals surface area contributed by atoms with Crippen LogP contribution in [0.3, 0.4) is 0 Å². The lowest BCUT2D eigenvalue weighted by atomic mass is 10.1. The maximum atomic E-state index is 12.3. The number of nitriles is 1. The third-order valence-corrected chi connectivity index (χ3v) is 6.71. The van der Waals surface area contributed by atoms with Gasteiger partial charge in [-0.05, 0) is 18.6 Å².